The highest BCUT2D eigenvalue weighted by atomic mass is 35.5. The summed E-state index contributed by atoms with van der Waals surface area (Å²) in [6.45, 7) is 14.3. The van der Waals surface area contributed by atoms with E-state index in [1.54, 1.807) is 11.3 Å². The van der Waals surface area contributed by atoms with Crippen molar-refractivity contribution >= 4 is 22.9 Å². The van der Waals surface area contributed by atoms with Crippen LogP contribution in [-0.4, -0.2) is 30.6 Å². The molecule has 4 heteroatoms. The molecule has 0 bridgehead atoms. The highest BCUT2D eigenvalue weighted by molar-refractivity contribution is 7.16. The molecular formula is C15H27ClN2S. The smallest absolute Gasteiger partial charge is 0.0931 e. The second-order valence-electron chi connectivity index (χ2n) is 7.15. The van der Waals surface area contributed by atoms with E-state index < -0.39 is 0 Å². The summed E-state index contributed by atoms with van der Waals surface area (Å²) >= 11 is 7.63. The van der Waals surface area contributed by atoms with Crippen LogP contribution < -0.4 is 5.32 Å². The summed E-state index contributed by atoms with van der Waals surface area (Å²) in [5.41, 5.74) is 0.431. The number of hydrogen-bond donors (Lipinski definition) is 1. The van der Waals surface area contributed by atoms with Crippen molar-refractivity contribution in [1.82, 2.24) is 10.2 Å². The Morgan fingerprint density at radius 1 is 1.21 bits per heavy atom. The minimum atomic E-state index is 0.178. The SMILES string of the molecule is CN(Cc1ccc(Cl)s1)CC(C)(C)CNC(C)(C)C. The molecule has 0 aliphatic rings. The van der Waals surface area contributed by atoms with Gasteiger partial charge in [0.05, 0.1) is 4.34 Å². The molecule has 0 fully saturated rings. The van der Waals surface area contributed by atoms with Crippen LogP contribution in [0.5, 0.6) is 0 Å². The molecule has 1 heterocycles. The Hall–Kier alpha value is -0.0900. The van der Waals surface area contributed by atoms with Gasteiger partial charge in [-0.1, -0.05) is 25.4 Å². The van der Waals surface area contributed by atoms with Crippen LogP contribution in [0.25, 0.3) is 0 Å². The van der Waals surface area contributed by atoms with Crippen LogP contribution >= 0.6 is 22.9 Å². The number of nitrogens with one attached hydrogen (secondary N) is 1. The van der Waals surface area contributed by atoms with Gasteiger partial charge in [-0.15, -0.1) is 11.3 Å². The Labute approximate surface area is 127 Å². The van der Waals surface area contributed by atoms with Crippen molar-refractivity contribution < 1.29 is 0 Å². The Kier molecular flexibility index (Phi) is 5.87. The maximum absolute atomic E-state index is 5.97. The van der Waals surface area contributed by atoms with Gasteiger partial charge in [0, 0.05) is 30.1 Å². The van der Waals surface area contributed by atoms with E-state index in [0.29, 0.717) is 0 Å². The summed E-state index contributed by atoms with van der Waals surface area (Å²) in [6, 6.07) is 4.09. The van der Waals surface area contributed by atoms with E-state index in [9.17, 15) is 0 Å². The fourth-order valence-corrected chi connectivity index (χ4v) is 3.22. The molecule has 0 aromatic carbocycles. The molecule has 0 saturated heterocycles. The highest BCUT2D eigenvalue weighted by Crippen LogP contribution is 2.24. The average molecular weight is 303 g/mol. The van der Waals surface area contributed by atoms with Crippen LogP contribution in [0.4, 0.5) is 0 Å². The Bertz CT molecular complexity index is 393. The molecule has 0 radical (unpaired) electrons. The molecule has 0 atom stereocenters. The molecule has 0 spiro atoms. The van der Waals surface area contributed by atoms with Crippen LogP contribution in [0.2, 0.25) is 4.34 Å². The lowest BCUT2D eigenvalue weighted by atomic mass is 9.91. The number of thiophene rings is 1. The third-order valence-corrected chi connectivity index (χ3v) is 4.07. The molecule has 0 aliphatic heterocycles. The summed E-state index contributed by atoms with van der Waals surface area (Å²) < 4.78 is 0.872. The molecule has 0 saturated carbocycles. The molecule has 1 rings (SSSR count). The van der Waals surface area contributed by atoms with E-state index in [-0.39, 0.29) is 11.0 Å². The molecule has 19 heavy (non-hydrogen) atoms. The fourth-order valence-electron chi connectivity index (χ4n) is 2.05. The number of rotatable bonds is 6. The van der Waals surface area contributed by atoms with Crippen molar-refractivity contribution in [1.29, 1.82) is 0 Å². The fraction of sp³-hybridized carbons (Fsp3) is 0.733. The second kappa shape index (κ2) is 6.57. The summed E-state index contributed by atoms with van der Waals surface area (Å²) in [5.74, 6) is 0. The van der Waals surface area contributed by atoms with Gasteiger partial charge in [0.25, 0.3) is 0 Å². The van der Waals surface area contributed by atoms with Crippen molar-refractivity contribution in [3.05, 3.63) is 21.3 Å². The van der Waals surface area contributed by atoms with Crippen LogP contribution in [0.15, 0.2) is 12.1 Å². The molecule has 0 aliphatic carbocycles. The lowest BCUT2D eigenvalue weighted by Crippen LogP contribution is -2.45. The summed E-state index contributed by atoms with van der Waals surface area (Å²) in [5, 5.41) is 3.59. The van der Waals surface area contributed by atoms with Gasteiger partial charge in [0.2, 0.25) is 0 Å². The lowest BCUT2D eigenvalue weighted by molar-refractivity contribution is 0.187. The van der Waals surface area contributed by atoms with Gasteiger partial charge in [-0.25, -0.2) is 0 Å². The van der Waals surface area contributed by atoms with Crippen LogP contribution in [0.3, 0.4) is 0 Å². The maximum atomic E-state index is 5.97. The first-order valence-corrected chi connectivity index (χ1v) is 7.95. The van der Waals surface area contributed by atoms with Gasteiger partial charge in [-0.2, -0.15) is 0 Å². The largest absolute Gasteiger partial charge is 0.311 e. The van der Waals surface area contributed by atoms with Gasteiger partial charge in [-0.05, 0) is 45.4 Å². The van der Waals surface area contributed by atoms with Crippen LogP contribution in [0.1, 0.15) is 39.5 Å². The quantitative estimate of drug-likeness (QED) is 0.845. The first kappa shape index (κ1) is 17.0. The second-order valence-corrected chi connectivity index (χ2v) is 8.95. The average Bonchev–Trinajstić information content (AvgIpc) is 2.59. The van der Waals surface area contributed by atoms with Gasteiger partial charge >= 0.3 is 0 Å². The first-order chi connectivity index (χ1) is 8.57. The predicted molar refractivity (Wildman–Crippen MR) is 87.2 cm³/mol. The van der Waals surface area contributed by atoms with E-state index in [1.807, 2.05) is 6.07 Å². The predicted octanol–water partition coefficient (Wildman–Crippen LogP) is 4.25. The van der Waals surface area contributed by atoms with Crippen molar-refractivity contribution in [2.75, 3.05) is 20.1 Å². The van der Waals surface area contributed by atoms with Gasteiger partial charge in [0.15, 0.2) is 0 Å². The van der Waals surface area contributed by atoms with E-state index in [2.05, 4.69) is 57.9 Å². The summed E-state index contributed by atoms with van der Waals surface area (Å²) in [6.07, 6.45) is 0. The van der Waals surface area contributed by atoms with Gasteiger partial charge < -0.3 is 10.2 Å². The number of hydrogen-bond acceptors (Lipinski definition) is 3. The lowest BCUT2D eigenvalue weighted by Gasteiger charge is -2.33. The maximum Gasteiger partial charge on any atom is 0.0931 e. The molecule has 0 amide bonds. The van der Waals surface area contributed by atoms with Crippen LogP contribution in [0, 0.1) is 5.41 Å². The molecule has 2 nitrogen and oxygen atoms in total. The third-order valence-electron chi connectivity index (χ3n) is 2.85. The Morgan fingerprint density at radius 2 is 1.84 bits per heavy atom. The standard InChI is InChI=1S/C15H27ClN2S/c1-14(2,3)17-10-15(4,5)11-18(6)9-12-7-8-13(16)19-12/h7-8,17H,9-11H2,1-6H3. The van der Waals surface area contributed by atoms with Crippen molar-refractivity contribution in [2.45, 2.75) is 46.7 Å². The monoisotopic (exact) mass is 302 g/mol. The third kappa shape index (κ3) is 7.31. The van der Waals surface area contributed by atoms with Crippen LogP contribution in [-0.2, 0) is 6.54 Å². The summed E-state index contributed by atoms with van der Waals surface area (Å²) in [7, 11) is 2.17. The van der Waals surface area contributed by atoms with E-state index >= 15 is 0 Å². The summed E-state index contributed by atoms with van der Waals surface area (Å²) in [4.78, 5) is 3.69. The minimum Gasteiger partial charge on any atom is -0.311 e. The Morgan fingerprint density at radius 3 is 2.32 bits per heavy atom. The zero-order valence-corrected chi connectivity index (χ0v) is 14.6. The van der Waals surface area contributed by atoms with Gasteiger partial charge in [0.1, 0.15) is 0 Å². The van der Waals surface area contributed by atoms with E-state index in [4.69, 9.17) is 11.6 Å². The van der Waals surface area contributed by atoms with E-state index in [1.165, 1.54) is 4.88 Å². The highest BCUT2D eigenvalue weighted by Gasteiger charge is 2.22. The molecule has 1 aromatic heterocycles. The van der Waals surface area contributed by atoms with Crippen molar-refractivity contribution in [2.24, 2.45) is 5.41 Å². The van der Waals surface area contributed by atoms with Crippen molar-refractivity contribution in [3.63, 3.8) is 0 Å². The zero-order chi connectivity index (χ0) is 14.7. The normalized spacial score (nSPS) is 13.3. The number of nitrogens with zero attached hydrogens (tertiary/aromatic N) is 1. The van der Waals surface area contributed by atoms with Crippen molar-refractivity contribution in [3.8, 4) is 0 Å². The zero-order valence-electron chi connectivity index (χ0n) is 13.0. The molecular weight excluding hydrogens is 276 g/mol. The first-order valence-electron chi connectivity index (χ1n) is 6.75. The molecule has 1 aromatic rings. The number of halogens is 1. The minimum absolute atomic E-state index is 0.178. The topological polar surface area (TPSA) is 15.3 Å². The Balaban J connectivity index is 2.43. The molecule has 0 unspecified atom stereocenters. The van der Waals surface area contributed by atoms with E-state index in [0.717, 1.165) is 24.0 Å². The van der Waals surface area contributed by atoms with Gasteiger partial charge in [-0.3, -0.25) is 0 Å². The molecule has 110 valence electrons. The molecule has 1 N–H and O–H groups in total.